The third-order valence-corrected chi connectivity index (χ3v) is 5.31. The predicted molar refractivity (Wildman–Crippen MR) is 84.3 cm³/mol. The number of nitrogens with one attached hydrogen (secondary N) is 2. The van der Waals surface area contributed by atoms with Crippen molar-refractivity contribution in [2.75, 3.05) is 31.6 Å². The first-order chi connectivity index (χ1) is 9.22. The Balaban J connectivity index is 1.68. The van der Waals surface area contributed by atoms with Crippen molar-refractivity contribution in [2.24, 2.45) is 4.99 Å². The lowest BCUT2D eigenvalue weighted by Crippen LogP contribution is -2.47. The molecule has 1 aromatic heterocycles. The Morgan fingerprint density at radius 2 is 2.42 bits per heavy atom. The van der Waals surface area contributed by atoms with Crippen LogP contribution < -0.4 is 10.6 Å². The van der Waals surface area contributed by atoms with Gasteiger partial charge in [-0.3, -0.25) is 4.99 Å². The molecule has 19 heavy (non-hydrogen) atoms. The van der Waals surface area contributed by atoms with Crippen molar-refractivity contribution in [1.29, 1.82) is 0 Å². The highest BCUT2D eigenvalue weighted by Gasteiger charge is 2.31. The summed E-state index contributed by atoms with van der Waals surface area (Å²) < 4.78 is 0. The van der Waals surface area contributed by atoms with E-state index in [4.69, 9.17) is 0 Å². The number of thioether (sulfide) groups is 1. The van der Waals surface area contributed by atoms with Gasteiger partial charge < -0.3 is 15.7 Å². The Morgan fingerprint density at radius 3 is 3.05 bits per heavy atom. The van der Waals surface area contributed by atoms with Gasteiger partial charge in [0.2, 0.25) is 0 Å². The molecule has 0 bridgehead atoms. The summed E-state index contributed by atoms with van der Waals surface area (Å²) in [5.74, 6) is 2.62. The molecule has 1 atom stereocenters. The number of aliphatic hydroxyl groups is 1. The summed E-state index contributed by atoms with van der Waals surface area (Å²) in [6.45, 7) is 1.42. The number of hydrogen-bond acceptors (Lipinski definition) is 4. The van der Waals surface area contributed by atoms with Crippen LogP contribution in [0.1, 0.15) is 11.3 Å². The van der Waals surface area contributed by atoms with Gasteiger partial charge in [0.1, 0.15) is 0 Å². The van der Waals surface area contributed by atoms with Crippen LogP contribution in [0.2, 0.25) is 0 Å². The minimum atomic E-state index is -0.573. The summed E-state index contributed by atoms with van der Waals surface area (Å²) in [5.41, 5.74) is -0.573. The van der Waals surface area contributed by atoms with Crippen molar-refractivity contribution < 1.29 is 5.11 Å². The van der Waals surface area contributed by atoms with Gasteiger partial charge in [-0.15, -0.1) is 11.3 Å². The largest absolute Gasteiger partial charge is 0.387 e. The molecular weight excluding hydrogens is 278 g/mol. The van der Waals surface area contributed by atoms with Gasteiger partial charge in [0.25, 0.3) is 0 Å². The van der Waals surface area contributed by atoms with Crippen LogP contribution in [0, 0.1) is 0 Å². The van der Waals surface area contributed by atoms with E-state index in [1.54, 1.807) is 18.4 Å². The van der Waals surface area contributed by atoms with Crippen molar-refractivity contribution in [1.82, 2.24) is 10.6 Å². The first-order valence-electron chi connectivity index (χ1n) is 6.49. The maximum atomic E-state index is 10.2. The van der Waals surface area contributed by atoms with Gasteiger partial charge in [-0.2, -0.15) is 11.8 Å². The number of nitrogens with zero attached hydrogens (tertiary/aromatic N) is 1. The Labute approximate surface area is 122 Å². The van der Waals surface area contributed by atoms with Gasteiger partial charge in [-0.1, -0.05) is 6.07 Å². The molecule has 0 radical (unpaired) electrons. The fourth-order valence-electron chi connectivity index (χ4n) is 1.96. The molecule has 0 saturated carbocycles. The smallest absolute Gasteiger partial charge is 0.191 e. The quantitative estimate of drug-likeness (QED) is 0.567. The van der Waals surface area contributed by atoms with Crippen molar-refractivity contribution in [2.45, 2.75) is 18.4 Å². The van der Waals surface area contributed by atoms with Crippen molar-refractivity contribution in [3.63, 3.8) is 0 Å². The van der Waals surface area contributed by atoms with Crippen molar-refractivity contribution >= 4 is 29.1 Å². The van der Waals surface area contributed by atoms with E-state index in [0.29, 0.717) is 6.54 Å². The molecule has 0 amide bonds. The van der Waals surface area contributed by atoms with E-state index in [-0.39, 0.29) is 0 Å². The van der Waals surface area contributed by atoms with Crippen LogP contribution in [0.15, 0.2) is 22.5 Å². The molecular formula is C13H21N3OS2. The first kappa shape index (κ1) is 14.7. The van der Waals surface area contributed by atoms with Crippen LogP contribution in [0.5, 0.6) is 0 Å². The standard InChI is InChI=1S/C13H21N3OS2/c1-14-12(15-6-4-11-3-2-7-19-11)16-9-13(17)5-8-18-10-13/h2-3,7,17H,4-6,8-10H2,1H3,(H2,14,15,16). The van der Waals surface area contributed by atoms with E-state index in [9.17, 15) is 5.11 Å². The Kier molecular flexibility index (Phi) is 5.54. The van der Waals surface area contributed by atoms with E-state index in [2.05, 4.69) is 33.1 Å². The zero-order valence-corrected chi connectivity index (χ0v) is 12.8. The summed E-state index contributed by atoms with van der Waals surface area (Å²) in [6.07, 6.45) is 1.86. The second-order valence-electron chi connectivity index (χ2n) is 4.71. The molecule has 106 valence electrons. The molecule has 1 unspecified atom stereocenters. The molecule has 2 rings (SSSR count). The van der Waals surface area contributed by atoms with Gasteiger partial charge >= 0.3 is 0 Å². The first-order valence-corrected chi connectivity index (χ1v) is 8.52. The zero-order valence-electron chi connectivity index (χ0n) is 11.2. The van der Waals surface area contributed by atoms with E-state index >= 15 is 0 Å². The summed E-state index contributed by atoms with van der Waals surface area (Å²) in [5, 5.41) is 18.8. The van der Waals surface area contributed by atoms with Crippen LogP contribution in [-0.2, 0) is 6.42 Å². The van der Waals surface area contributed by atoms with Crippen LogP contribution in [0.4, 0.5) is 0 Å². The number of thiophene rings is 1. The average Bonchev–Trinajstić information content (AvgIpc) is 3.06. The summed E-state index contributed by atoms with van der Waals surface area (Å²) in [7, 11) is 1.76. The Morgan fingerprint density at radius 1 is 1.53 bits per heavy atom. The summed E-state index contributed by atoms with van der Waals surface area (Å²) in [4.78, 5) is 5.55. The highest BCUT2D eigenvalue weighted by Crippen LogP contribution is 2.26. The van der Waals surface area contributed by atoms with Crippen LogP contribution in [0.3, 0.4) is 0 Å². The van der Waals surface area contributed by atoms with Gasteiger partial charge in [0.05, 0.1) is 5.60 Å². The highest BCUT2D eigenvalue weighted by molar-refractivity contribution is 7.99. The van der Waals surface area contributed by atoms with Gasteiger partial charge in [0, 0.05) is 30.8 Å². The lowest BCUT2D eigenvalue weighted by atomic mass is 10.0. The lowest BCUT2D eigenvalue weighted by Gasteiger charge is -2.23. The molecule has 1 saturated heterocycles. The molecule has 0 aliphatic carbocycles. The molecule has 1 fully saturated rings. The van der Waals surface area contributed by atoms with Crippen molar-refractivity contribution in [3.05, 3.63) is 22.4 Å². The molecule has 1 aromatic rings. The maximum Gasteiger partial charge on any atom is 0.191 e. The lowest BCUT2D eigenvalue weighted by molar-refractivity contribution is 0.0724. The topological polar surface area (TPSA) is 56.7 Å². The maximum absolute atomic E-state index is 10.2. The SMILES string of the molecule is CN=C(NCCc1cccs1)NCC1(O)CCSC1. The fourth-order valence-corrected chi connectivity index (χ4v) is 3.97. The molecule has 4 nitrogen and oxygen atoms in total. The van der Waals surface area contributed by atoms with Crippen LogP contribution >= 0.6 is 23.1 Å². The minimum absolute atomic E-state index is 0.568. The number of guanidine groups is 1. The zero-order chi connectivity index (χ0) is 13.6. The summed E-state index contributed by atoms with van der Waals surface area (Å²) in [6, 6.07) is 4.21. The highest BCUT2D eigenvalue weighted by atomic mass is 32.2. The average molecular weight is 299 g/mol. The number of aliphatic imine (C=N–C) groups is 1. The van der Waals surface area contributed by atoms with E-state index in [0.717, 1.165) is 36.9 Å². The molecule has 1 aliphatic rings. The molecule has 1 aliphatic heterocycles. The second-order valence-corrected chi connectivity index (χ2v) is 6.85. The molecule has 6 heteroatoms. The molecule has 2 heterocycles. The predicted octanol–water partition coefficient (Wildman–Crippen LogP) is 1.32. The van der Waals surface area contributed by atoms with Gasteiger partial charge in [0.15, 0.2) is 5.96 Å². The Bertz CT molecular complexity index is 400. The molecule has 3 N–H and O–H groups in total. The molecule has 0 aromatic carbocycles. The van der Waals surface area contributed by atoms with Crippen LogP contribution in [0.25, 0.3) is 0 Å². The van der Waals surface area contributed by atoms with E-state index in [1.165, 1.54) is 4.88 Å². The third kappa shape index (κ3) is 4.71. The third-order valence-electron chi connectivity index (χ3n) is 3.13. The normalized spacial score (nSPS) is 23.6. The monoisotopic (exact) mass is 299 g/mol. The summed E-state index contributed by atoms with van der Waals surface area (Å²) >= 11 is 3.58. The van der Waals surface area contributed by atoms with Crippen LogP contribution in [-0.4, -0.2) is 48.3 Å². The van der Waals surface area contributed by atoms with E-state index in [1.807, 2.05) is 11.8 Å². The van der Waals surface area contributed by atoms with Crippen molar-refractivity contribution in [3.8, 4) is 0 Å². The van der Waals surface area contributed by atoms with Gasteiger partial charge in [-0.05, 0) is 30.0 Å². The number of hydrogen-bond donors (Lipinski definition) is 3. The Hall–Kier alpha value is -0.720. The van der Waals surface area contributed by atoms with E-state index < -0.39 is 5.60 Å². The fraction of sp³-hybridized carbons (Fsp3) is 0.615. The molecule has 0 spiro atoms. The second kappa shape index (κ2) is 7.17. The van der Waals surface area contributed by atoms with Gasteiger partial charge in [-0.25, -0.2) is 0 Å². The minimum Gasteiger partial charge on any atom is -0.387 e. The number of rotatable bonds is 5.